The first-order chi connectivity index (χ1) is 8.88. The molecular formula is C9H8FN5O3S. The van der Waals surface area contributed by atoms with Crippen LogP contribution in [0.25, 0.3) is 0 Å². The maximum absolute atomic E-state index is 13.5. The Bertz CT molecular complexity index is 713. The Morgan fingerprint density at radius 1 is 1.42 bits per heavy atom. The third-order valence-electron chi connectivity index (χ3n) is 2.16. The van der Waals surface area contributed by atoms with Gasteiger partial charge in [-0.25, -0.2) is 12.8 Å². The number of carbonyl (C=O) groups excluding carboxylic acids is 1. The van der Waals surface area contributed by atoms with Gasteiger partial charge < -0.3 is 5.32 Å². The lowest BCUT2D eigenvalue weighted by Crippen LogP contribution is -2.15. The minimum Gasteiger partial charge on any atom is -0.317 e. The molecule has 0 saturated heterocycles. The lowest BCUT2D eigenvalue weighted by atomic mass is 10.3. The fourth-order valence-corrected chi connectivity index (χ4v) is 1.91. The molecule has 1 aromatic heterocycles. The van der Waals surface area contributed by atoms with E-state index in [0.717, 1.165) is 24.5 Å². The fraction of sp³-hybridized carbons (Fsp3) is 0.111. The first kappa shape index (κ1) is 13.1. The molecule has 19 heavy (non-hydrogen) atoms. The van der Waals surface area contributed by atoms with Crippen molar-refractivity contribution >= 4 is 21.4 Å². The molecule has 100 valence electrons. The fourth-order valence-electron chi connectivity index (χ4n) is 1.27. The molecular weight excluding hydrogens is 277 g/mol. The maximum Gasteiger partial charge on any atom is 0.297 e. The number of carbonyl (C=O) groups is 1. The van der Waals surface area contributed by atoms with Gasteiger partial charge in [0.25, 0.3) is 11.7 Å². The zero-order chi connectivity index (χ0) is 14.0. The summed E-state index contributed by atoms with van der Waals surface area (Å²) in [6, 6.07) is 3.07. The number of benzene rings is 1. The Morgan fingerprint density at radius 3 is 2.74 bits per heavy atom. The highest BCUT2D eigenvalue weighted by Crippen LogP contribution is 2.19. The van der Waals surface area contributed by atoms with Crippen LogP contribution in [0.1, 0.15) is 10.6 Å². The molecule has 0 fully saturated rings. The quantitative estimate of drug-likeness (QED) is 0.766. The van der Waals surface area contributed by atoms with E-state index >= 15 is 0 Å². The number of tetrazole rings is 1. The van der Waals surface area contributed by atoms with Crippen molar-refractivity contribution in [3.8, 4) is 0 Å². The number of H-pyrrole nitrogens is 1. The minimum absolute atomic E-state index is 0.114. The molecule has 0 spiro atoms. The molecule has 0 aliphatic rings. The molecule has 2 rings (SSSR count). The second-order valence-corrected chi connectivity index (χ2v) is 5.62. The summed E-state index contributed by atoms with van der Waals surface area (Å²) in [6.07, 6.45) is 0.977. The zero-order valence-electron chi connectivity index (χ0n) is 9.58. The second kappa shape index (κ2) is 4.72. The van der Waals surface area contributed by atoms with Crippen LogP contribution in [0.4, 0.5) is 10.1 Å². The van der Waals surface area contributed by atoms with Crippen molar-refractivity contribution in [1.82, 2.24) is 20.6 Å². The molecule has 0 saturated carbocycles. The van der Waals surface area contributed by atoms with Crippen LogP contribution >= 0.6 is 0 Å². The predicted octanol–water partition coefficient (Wildman–Crippen LogP) is -0.00540. The molecule has 1 aromatic carbocycles. The lowest BCUT2D eigenvalue weighted by molar-refractivity contribution is 0.101. The third-order valence-corrected chi connectivity index (χ3v) is 3.27. The molecule has 1 amide bonds. The minimum atomic E-state index is -3.50. The van der Waals surface area contributed by atoms with E-state index in [2.05, 4.69) is 25.9 Å². The SMILES string of the molecule is CS(=O)(=O)c1ccc(F)c(NC(=O)c2nn[nH]n2)c1. The molecule has 0 aliphatic carbocycles. The standard InChI is InChI=1S/C9H8FN5O3S/c1-19(17,18)5-2-3-6(10)7(4-5)11-9(16)8-12-14-15-13-8/h2-4H,1H3,(H,11,16)(H,12,13,14,15). The van der Waals surface area contributed by atoms with Crippen LogP contribution in [0, 0.1) is 5.82 Å². The molecule has 2 aromatic rings. The average Bonchev–Trinajstić information content (AvgIpc) is 2.84. The van der Waals surface area contributed by atoms with Gasteiger partial charge >= 0.3 is 0 Å². The van der Waals surface area contributed by atoms with Crippen LogP contribution in [-0.4, -0.2) is 41.2 Å². The summed E-state index contributed by atoms with van der Waals surface area (Å²) >= 11 is 0. The third kappa shape index (κ3) is 2.91. The number of nitrogens with one attached hydrogen (secondary N) is 2. The van der Waals surface area contributed by atoms with Gasteiger partial charge in [-0.1, -0.05) is 0 Å². The number of amides is 1. The monoisotopic (exact) mass is 285 g/mol. The molecule has 10 heteroatoms. The summed E-state index contributed by atoms with van der Waals surface area (Å²) in [5.41, 5.74) is -0.280. The summed E-state index contributed by atoms with van der Waals surface area (Å²) in [7, 11) is -3.50. The number of rotatable bonds is 3. The zero-order valence-corrected chi connectivity index (χ0v) is 10.4. The summed E-state index contributed by atoms with van der Waals surface area (Å²) in [6.45, 7) is 0. The summed E-state index contributed by atoms with van der Waals surface area (Å²) < 4.78 is 36.2. The molecule has 1 heterocycles. The molecule has 2 N–H and O–H groups in total. The lowest BCUT2D eigenvalue weighted by Gasteiger charge is -2.06. The van der Waals surface area contributed by atoms with Gasteiger partial charge in [-0.3, -0.25) is 4.79 Å². The summed E-state index contributed by atoms with van der Waals surface area (Å²) in [5.74, 6) is -1.87. The van der Waals surface area contributed by atoms with Crippen molar-refractivity contribution in [1.29, 1.82) is 0 Å². The number of nitrogens with zero attached hydrogens (tertiary/aromatic N) is 3. The van der Waals surface area contributed by atoms with E-state index in [1.165, 1.54) is 0 Å². The van der Waals surface area contributed by atoms with Gasteiger partial charge in [0.15, 0.2) is 9.84 Å². The highest BCUT2D eigenvalue weighted by atomic mass is 32.2. The molecule has 0 unspecified atom stereocenters. The Balaban J connectivity index is 2.32. The van der Waals surface area contributed by atoms with Gasteiger partial charge in [0.05, 0.1) is 10.6 Å². The van der Waals surface area contributed by atoms with Crippen LogP contribution in [0.3, 0.4) is 0 Å². The molecule has 0 bridgehead atoms. The number of hydrogen-bond acceptors (Lipinski definition) is 6. The Morgan fingerprint density at radius 2 is 2.16 bits per heavy atom. The summed E-state index contributed by atoms with van der Waals surface area (Å²) in [4.78, 5) is 11.5. The van der Waals surface area contributed by atoms with Gasteiger partial charge in [-0.05, 0) is 23.4 Å². The molecule has 8 nitrogen and oxygen atoms in total. The van der Waals surface area contributed by atoms with E-state index < -0.39 is 21.6 Å². The van der Waals surface area contributed by atoms with E-state index in [4.69, 9.17) is 0 Å². The van der Waals surface area contributed by atoms with E-state index in [-0.39, 0.29) is 16.4 Å². The smallest absolute Gasteiger partial charge is 0.297 e. The largest absolute Gasteiger partial charge is 0.317 e. The van der Waals surface area contributed by atoms with Gasteiger partial charge in [0.1, 0.15) is 5.82 Å². The van der Waals surface area contributed by atoms with E-state index in [9.17, 15) is 17.6 Å². The van der Waals surface area contributed by atoms with Gasteiger partial charge in [-0.2, -0.15) is 5.21 Å². The number of aromatic amines is 1. The van der Waals surface area contributed by atoms with Crippen LogP contribution in [-0.2, 0) is 9.84 Å². The molecule has 0 aliphatic heterocycles. The van der Waals surface area contributed by atoms with Crippen LogP contribution < -0.4 is 5.32 Å². The maximum atomic E-state index is 13.5. The number of hydrogen-bond donors (Lipinski definition) is 2. The van der Waals surface area contributed by atoms with Gasteiger partial charge in [0, 0.05) is 6.26 Å². The van der Waals surface area contributed by atoms with Crippen LogP contribution in [0.5, 0.6) is 0 Å². The summed E-state index contributed by atoms with van der Waals surface area (Å²) in [5, 5.41) is 14.2. The van der Waals surface area contributed by atoms with Crippen molar-refractivity contribution in [2.75, 3.05) is 11.6 Å². The van der Waals surface area contributed by atoms with Crippen molar-refractivity contribution in [3.63, 3.8) is 0 Å². The van der Waals surface area contributed by atoms with Crippen molar-refractivity contribution in [3.05, 3.63) is 29.8 Å². The number of aromatic nitrogens is 4. The highest BCUT2D eigenvalue weighted by molar-refractivity contribution is 7.90. The number of anilines is 1. The van der Waals surface area contributed by atoms with E-state index in [1.807, 2.05) is 0 Å². The second-order valence-electron chi connectivity index (χ2n) is 3.60. The Kier molecular flexibility index (Phi) is 3.25. The Labute approximate surface area is 106 Å². The van der Waals surface area contributed by atoms with E-state index in [0.29, 0.717) is 0 Å². The number of halogens is 1. The first-order valence-electron chi connectivity index (χ1n) is 4.92. The van der Waals surface area contributed by atoms with E-state index in [1.54, 1.807) is 0 Å². The molecule has 0 atom stereocenters. The topological polar surface area (TPSA) is 118 Å². The highest BCUT2D eigenvalue weighted by Gasteiger charge is 2.16. The van der Waals surface area contributed by atoms with Gasteiger partial charge in [-0.15, -0.1) is 10.2 Å². The first-order valence-corrected chi connectivity index (χ1v) is 6.81. The van der Waals surface area contributed by atoms with Crippen molar-refractivity contribution in [2.45, 2.75) is 4.90 Å². The normalized spacial score (nSPS) is 11.3. The average molecular weight is 285 g/mol. The molecule has 0 radical (unpaired) electrons. The van der Waals surface area contributed by atoms with Crippen molar-refractivity contribution in [2.24, 2.45) is 0 Å². The van der Waals surface area contributed by atoms with Gasteiger partial charge in [0.2, 0.25) is 0 Å². The van der Waals surface area contributed by atoms with Crippen LogP contribution in [0.2, 0.25) is 0 Å². The predicted molar refractivity (Wildman–Crippen MR) is 61.6 cm³/mol. The number of sulfone groups is 1. The van der Waals surface area contributed by atoms with Crippen molar-refractivity contribution < 1.29 is 17.6 Å². The Hall–Kier alpha value is -2.36. The van der Waals surface area contributed by atoms with Crippen LogP contribution in [0.15, 0.2) is 23.1 Å².